The van der Waals surface area contributed by atoms with E-state index in [2.05, 4.69) is 10.6 Å². The summed E-state index contributed by atoms with van der Waals surface area (Å²) in [4.78, 5) is 22.3. The van der Waals surface area contributed by atoms with Gasteiger partial charge < -0.3 is 20.8 Å². The van der Waals surface area contributed by atoms with Crippen molar-refractivity contribution in [3.05, 3.63) is 28.2 Å². The molecule has 1 unspecified atom stereocenters. The Morgan fingerprint density at radius 2 is 1.95 bits per heavy atom. The van der Waals surface area contributed by atoms with Crippen LogP contribution in [0, 0.1) is 0 Å². The molecule has 0 saturated heterocycles. The summed E-state index contributed by atoms with van der Waals surface area (Å²) in [7, 11) is 0. The number of carbonyl (C=O) groups is 2. The lowest BCUT2D eigenvalue weighted by molar-refractivity contribution is -0.139. The van der Waals surface area contributed by atoms with Crippen LogP contribution >= 0.6 is 23.2 Å². The molecular weight excluding hydrogens is 295 g/mol. The smallest absolute Gasteiger partial charge is 0.326 e. The van der Waals surface area contributed by atoms with Crippen molar-refractivity contribution in [1.29, 1.82) is 0 Å². The van der Waals surface area contributed by atoms with E-state index in [-0.39, 0.29) is 18.1 Å². The van der Waals surface area contributed by atoms with Gasteiger partial charge in [-0.3, -0.25) is 0 Å². The van der Waals surface area contributed by atoms with Gasteiger partial charge >= 0.3 is 12.0 Å². The normalized spacial score (nSPS) is 11.7. The fourth-order valence-electron chi connectivity index (χ4n) is 1.29. The number of carboxylic acid groups (broad SMARTS) is 1. The van der Waals surface area contributed by atoms with E-state index in [1.807, 2.05) is 0 Å². The molecule has 0 aliphatic heterocycles. The van der Waals surface area contributed by atoms with Gasteiger partial charge in [-0.15, -0.1) is 0 Å². The Labute approximate surface area is 119 Å². The molecule has 0 fully saturated rings. The zero-order valence-electron chi connectivity index (χ0n) is 9.69. The third-order valence-electron chi connectivity index (χ3n) is 2.20. The van der Waals surface area contributed by atoms with Gasteiger partial charge in [0.2, 0.25) is 0 Å². The number of carbonyl (C=O) groups excluding carboxylic acids is 1. The first-order valence-corrected chi connectivity index (χ1v) is 6.06. The highest BCUT2D eigenvalue weighted by Crippen LogP contribution is 2.24. The molecule has 1 atom stereocenters. The number of aliphatic hydroxyl groups is 1. The standard InChI is InChI=1S/C11H12Cl2N2O4/c12-7-2-1-6(5-8(7)13)14-11(19)15-9(3-4-16)10(17)18/h1-2,5,9,16H,3-4H2,(H,17,18)(H2,14,15,19). The van der Waals surface area contributed by atoms with Crippen LogP contribution in [-0.4, -0.2) is 34.9 Å². The summed E-state index contributed by atoms with van der Waals surface area (Å²) in [5, 5.41) is 22.7. The number of nitrogens with one attached hydrogen (secondary N) is 2. The van der Waals surface area contributed by atoms with E-state index < -0.39 is 18.0 Å². The Kier molecular flexibility index (Phi) is 5.88. The Morgan fingerprint density at radius 1 is 1.26 bits per heavy atom. The predicted octanol–water partition coefficient (Wildman–Crippen LogP) is 1.95. The van der Waals surface area contributed by atoms with Gasteiger partial charge in [0.1, 0.15) is 6.04 Å². The van der Waals surface area contributed by atoms with Gasteiger partial charge in [-0.05, 0) is 18.2 Å². The lowest BCUT2D eigenvalue weighted by Crippen LogP contribution is -2.43. The number of benzene rings is 1. The summed E-state index contributed by atoms with van der Waals surface area (Å²) in [5.41, 5.74) is 0.375. The first-order valence-electron chi connectivity index (χ1n) is 5.30. The van der Waals surface area contributed by atoms with Crippen molar-refractivity contribution in [2.24, 2.45) is 0 Å². The number of aliphatic hydroxyl groups excluding tert-OH is 1. The van der Waals surface area contributed by atoms with Crippen LogP contribution in [0.15, 0.2) is 18.2 Å². The highest BCUT2D eigenvalue weighted by atomic mass is 35.5. The zero-order valence-corrected chi connectivity index (χ0v) is 11.2. The van der Waals surface area contributed by atoms with Crippen LogP contribution in [0.5, 0.6) is 0 Å². The van der Waals surface area contributed by atoms with Gasteiger partial charge in [-0.25, -0.2) is 9.59 Å². The molecule has 19 heavy (non-hydrogen) atoms. The third kappa shape index (κ3) is 4.94. The van der Waals surface area contributed by atoms with Crippen LogP contribution in [0.4, 0.5) is 10.5 Å². The summed E-state index contributed by atoms with van der Waals surface area (Å²) in [6, 6.07) is 2.59. The molecule has 1 rings (SSSR count). The lowest BCUT2D eigenvalue weighted by Gasteiger charge is -2.14. The Morgan fingerprint density at radius 3 is 2.47 bits per heavy atom. The van der Waals surface area contributed by atoms with Crippen LogP contribution < -0.4 is 10.6 Å². The Balaban J connectivity index is 2.63. The first-order chi connectivity index (χ1) is 8.93. The number of carboxylic acids is 1. The van der Waals surface area contributed by atoms with Gasteiger partial charge in [-0.2, -0.15) is 0 Å². The van der Waals surface area contributed by atoms with Crippen LogP contribution in [-0.2, 0) is 4.79 Å². The molecule has 2 amide bonds. The number of anilines is 1. The molecule has 6 nitrogen and oxygen atoms in total. The second-order valence-electron chi connectivity index (χ2n) is 3.63. The minimum Gasteiger partial charge on any atom is -0.480 e. The van der Waals surface area contributed by atoms with Crippen molar-refractivity contribution >= 4 is 40.9 Å². The van der Waals surface area contributed by atoms with Crippen LogP contribution in [0.1, 0.15) is 6.42 Å². The van der Waals surface area contributed by atoms with Gasteiger partial charge in [0.05, 0.1) is 10.0 Å². The summed E-state index contributed by atoms with van der Waals surface area (Å²) in [6.07, 6.45) is -0.0792. The number of urea groups is 1. The molecule has 0 aliphatic rings. The molecule has 4 N–H and O–H groups in total. The summed E-state index contributed by atoms with van der Waals surface area (Å²) >= 11 is 11.5. The average Bonchev–Trinajstić information content (AvgIpc) is 2.33. The number of hydrogen-bond donors (Lipinski definition) is 4. The summed E-state index contributed by atoms with van der Waals surface area (Å²) in [6.45, 7) is -0.343. The second-order valence-corrected chi connectivity index (χ2v) is 4.44. The highest BCUT2D eigenvalue weighted by Gasteiger charge is 2.19. The largest absolute Gasteiger partial charge is 0.480 e. The fraction of sp³-hybridized carbons (Fsp3) is 0.273. The number of rotatable bonds is 5. The van der Waals surface area contributed by atoms with E-state index in [0.717, 1.165) is 0 Å². The maximum absolute atomic E-state index is 11.6. The quantitative estimate of drug-likeness (QED) is 0.668. The predicted molar refractivity (Wildman–Crippen MR) is 71.7 cm³/mol. The number of aliphatic carboxylic acids is 1. The third-order valence-corrected chi connectivity index (χ3v) is 2.94. The molecule has 0 radical (unpaired) electrons. The minimum absolute atomic E-state index is 0.0792. The molecule has 1 aromatic carbocycles. The molecule has 0 aromatic heterocycles. The van der Waals surface area contributed by atoms with Gasteiger partial charge in [0, 0.05) is 18.7 Å². The van der Waals surface area contributed by atoms with Crippen molar-refractivity contribution in [3.8, 4) is 0 Å². The van der Waals surface area contributed by atoms with E-state index in [9.17, 15) is 9.59 Å². The number of hydrogen-bond acceptors (Lipinski definition) is 3. The molecule has 8 heteroatoms. The van der Waals surface area contributed by atoms with Crippen LogP contribution in [0.25, 0.3) is 0 Å². The van der Waals surface area contributed by atoms with E-state index in [0.29, 0.717) is 10.7 Å². The summed E-state index contributed by atoms with van der Waals surface area (Å²) in [5.74, 6) is -1.22. The number of halogens is 2. The van der Waals surface area contributed by atoms with E-state index >= 15 is 0 Å². The van der Waals surface area contributed by atoms with E-state index in [1.54, 1.807) is 0 Å². The highest BCUT2D eigenvalue weighted by molar-refractivity contribution is 6.42. The van der Waals surface area contributed by atoms with Crippen molar-refractivity contribution in [1.82, 2.24) is 5.32 Å². The molecule has 0 saturated carbocycles. The van der Waals surface area contributed by atoms with Crippen LogP contribution in [0.2, 0.25) is 10.0 Å². The van der Waals surface area contributed by atoms with Gasteiger partial charge in [0.25, 0.3) is 0 Å². The fourth-order valence-corrected chi connectivity index (χ4v) is 1.58. The molecule has 0 heterocycles. The van der Waals surface area contributed by atoms with Crippen molar-refractivity contribution in [3.63, 3.8) is 0 Å². The molecule has 0 bridgehead atoms. The van der Waals surface area contributed by atoms with Crippen LogP contribution in [0.3, 0.4) is 0 Å². The van der Waals surface area contributed by atoms with Gasteiger partial charge in [-0.1, -0.05) is 23.2 Å². The first kappa shape index (κ1) is 15.6. The van der Waals surface area contributed by atoms with E-state index in [1.165, 1.54) is 18.2 Å². The SMILES string of the molecule is O=C(Nc1ccc(Cl)c(Cl)c1)NC(CCO)C(=O)O. The minimum atomic E-state index is -1.22. The zero-order chi connectivity index (χ0) is 14.4. The molecule has 0 aliphatic carbocycles. The maximum Gasteiger partial charge on any atom is 0.326 e. The summed E-state index contributed by atoms with van der Waals surface area (Å²) < 4.78 is 0. The van der Waals surface area contributed by atoms with Crippen molar-refractivity contribution < 1.29 is 19.8 Å². The average molecular weight is 307 g/mol. The monoisotopic (exact) mass is 306 g/mol. The van der Waals surface area contributed by atoms with Crippen molar-refractivity contribution in [2.75, 3.05) is 11.9 Å². The van der Waals surface area contributed by atoms with Crippen molar-refractivity contribution in [2.45, 2.75) is 12.5 Å². The molecule has 104 valence electrons. The Bertz CT molecular complexity index is 482. The molecular formula is C11H12Cl2N2O4. The number of amides is 2. The van der Waals surface area contributed by atoms with E-state index in [4.69, 9.17) is 33.4 Å². The molecule has 0 spiro atoms. The topological polar surface area (TPSA) is 98.7 Å². The van der Waals surface area contributed by atoms with Gasteiger partial charge in [0.15, 0.2) is 0 Å². The Hall–Kier alpha value is -1.50. The lowest BCUT2D eigenvalue weighted by atomic mass is 10.2. The maximum atomic E-state index is 11.6. The second kappa shape index (κ2) is 7.18. The molecule has 1 aromatic rings.